The van der Waals surface area contributed by atoms with E-state index in [0.29, 0.717) is 0 Å². The lowest BCUT2D eigenvalue weighted by molar-refractivity contribution is -0.274. The normalized spacial score (nSPS) is 11.1. The van der Waals surface area contributed by atoms with E-state index in [2.05, 4.69) is 4.74 Å². The first-order valence-corrected chi connectivity index (χ1v) is 3.89. The lowest BCUT2D eigenvalue weighted by Crippen LogP contribution is -2.22. The second-order valence-corrected chi connectivity index (χ2v) is 2.83. The molecule has 0 bridgehead atoms. The third-order valence-electron chi connectivity index (χ3n) is 1.66. The topological polar surface area (TPSA) is 46.5 Å². The van der Waals surface area contributed by atoms with E-state index in [1.807, 2.05) is 0 Å². The van der Waals surface area contributed by atoms with Crippen molar-refractivity contribution >= 4 is 19.3 Å². The summed E-state index contributed by atoms with van der Waals surface area (Å²) in [5.41, 5.74) is -0.0304. The van der Waals surface area contributed by atoms with Crippen LogP contribution in [0.15, 0.2) is 18.2 Å². The van der Waals surface area contributed by atoms with Gasteiger partial charge in [-0.1, -0.05) is 6.07 Å². The molecule has 0 radical (unpaired) electrons. The van der Waals surface area contributed by atoms with Crippen molar-refractivity contribution < 1.29 is 27.8 Å². The van der Waals surface area contributed by atoms with Gasteiger partial charge in [0.2, 0.25) is 0 Å². The second-order valence-electron chi connectivity index (χ2n) is 2.83. The Morgan fingerprint density at radius 3 is 2.47 bits per heavy atom. The van der Waals surface area contributed by atoms with E-state index < -0.39 is 18.1 Å². The van der Waals surface area contributed by atoms with Gasteiger partial charge in [0.25, 0.3) is 0 Å². The quantitative estimate of drug-likeness (QED) is 0.737. The zero-order chi connectivity index (χ0) is 11.6. The summed E-state index contributed by atoms with van der Waals surface area (Å²) in [6, 6.07) is 3.30. The van der Waals surface area contributed by atoms with Crippen molar-refractivity contribution in [2.24, 2.45) is 0 Å². The highest BCUT2D eigenvalue weighted by Gasteiger charge is 2.31. The first-order chi connectivity index (χ1) is 6.79. The van der Waals surface area contributed by atoms with Crippen molar-refractivity contribution in [3.8, 4) is 5.75 Å². The lowest BCUT2D eigenvalue weighted by atomic mass is 9.94. The molecule has 3 nitrogen and oxygen atoms in total. The standard InChI is InChI=1S/C8H6BF3O3/c9-5-2-1-4(7(13)14)3-6(5)15-8(10,11)12/h1-3H,9H2,(H,13,14). The predicted molar refractivity (Wildman–Crippen MR) is 48.3 cm³/mol. The van der Waals surface area contributed by atoms with E-state index >= 15 is 0 Å². The van der Waals surface area contributed by atoms with Gasteiger partial charge in [-0.3, -0.25) is 0 Å². The Morgan fingerprint density at radius 1 is 1.40 bits per heavy atom. The van der Waals surface area contributed by atoms with Crippen LogP contribution >= 0.6 is 0 Å². The molecule has 0 saturated heterocycles. The molecule has 80 valence electrons. The average Bonchev–Trinajstić information content (AvgIpc) is 2.06. The summed E-state index contributed by atoms with van der Waals surface area (Å²) >= 11 is 0. The highest BCUT2D eigenvalue weighted by atomic mass is 19.4. The average molecular weight is 218 g/mol. The third kappa shape index (κ3) is 3.19. The number of rotatable bonds is 2. The Labute approximate surface area is 83.9 Å². The fraction of sp³-hybridized carbons (Fsp3) is 0.125. The molecule has 1 N–H and O–H groups in total. The molecule has 0 unspecified atom stereocenters. The SMILES string of the molecule is Bc1ccc(C(=O)O)cc1OC(F)(F)F. The van der Waals surface area contributed by atoms with Crippen LogP contribution in [0.25, 0.3) is 0 Å². The third-order valence-corrected chi connectivity index (χ3v) is 1.66. The van der Waals surface area contributed by atoms with Crippen molar-refractivity contribution in [2.75, 3.05) is 0 Å². The Kier molecular flexibility index (Phi) is 2.92. The van der Waals surface area contributed by atoms with Crippen molar-refractivity contribution in [1.29, 1.82) is 0 Å². The molecule has 0 heterocycles. The molecule has 0 atom stereocenters. The lowest BCUT2D eigenvalue weighted by Gasteiger charge is -2.11. The maximum absolute atomic E-state index is 11.9. The molecule has 0 aromatic heterocycles. The van der Waals surface area contributed by atoms with Gasteiger partial charge in [-0.2, -0.15) is 0 Å². The minimum Gasteiger partial charge on any atom is -0.478 e. The van der Waals surface area contributed by atoms with Crippen LogP contribution in [0.3, 0.4) is 0 Å². The number of halogens is 3. The van der Waals surface area contributed by atoms with Gasteiger partial charge in [0.05, 0.1) is 5.56 Å². The van der Waals surface area contributed by atoms with Gasteiger partial charge >= 0.3 is 12.3 Å². The minimum atomic E-state index is -4.82. The van der Waals surface area contributed by atoms with Crippen LogP contribution in [0.1, 0.15) is 10.4 Å². The molecule has 0 aliphatic heterocycles. The fourth-order valence-electron chi connectivity index (χ4n) is 0.968. The summed E-state index contributed by atoms with van der Waals surface area (Å²) in [5.74, 6) is -1.80. The maximum atomic E-state index is 11.9. The molecule has 1 aromatic rings. The van der Waals surface area contributed by atoms with E-state index in [1.54, 1.807) is 0 Å². The number of alkyl halides is 3. The zero-order valence-corrected chi connectivity index (χ0v) is 7.63. The number of aromatic carboxylic acids is 1. The molecule has 0 fully saturated rings. The number of ether oxygens (including phenoxy) is 1. The van der Waals surface area contributed by atoms with Gasteiger partial charge in [0, 0.05) is 0 Å². The first-order valence-electron chi connectivity index (χ1n) is 3.89. The van der Waals surface area contributed by atoms with Crippen molar-refractivity contribution in [3.05, 3.63) is 23.8 Å². The number of hydrogen-bond acceptors (Lipinski definition) is 2. The van der Waals surface area contributed by atoms with Crippen molar-refractivity contribution in [2.45, 2.75) is 6.36 Å². The maximum Gasteiger partial charge on any atom is 0.573 e. The molecular formula is C8H6BF3O3. The van der Waals surface area contributed by atoms with E-state index in [4.69, 9.17) is 5.11 Å². The molecule has 0 saturated carbocycles. The summed E-state index contributed by atoms with van der Waals surface area (Å²) in [7, 11) is 1.40. The Hall–Kier alpha value is -1.66. The molecule has 7 heteroatoms. The molecule has 0 amide bonds. The van der Waals surface area contributed by atoms with E-state index in [9.17, 15) is 18.0 Å². The number of carboxylic acids is 1. The molecule has 0 spiro atoms. The number of benzene rings is 1. The van der Waals surface area contributed by atoms with E-state index in [1.165, 1.54) is 20.0 Å². The van der Waals surface area contributed by atoms with Gasteiger partial charge in [-0.25, -0.2) is 4.79 Å². The van der Waals surface area contributed by atoms with Crippen molar-refractivity contribution in [3.63, 3.8) is 0 Å². The van der Waals surface area contributed by atoms with Gasteiger partial charge in [-0.15, -0.1) is 13.2 Å². The van der Waals surface area contributed by atoms with Crippen LogP contribution in [0.4, 0.5) is 13.2 Å². The smallest absolute Gasteiger partial charge is 0.478 e. The van der Waals surface area contributed by atoms with Crippen LogP contribution in [-0.2, 0) is 0 Å². The monoisotopic (exact) mass is 218 g/mol. The number of hydrogen-bond donors (Lipinski definition) is 1. The van der Waals surface area contributed by atoms with E-state index in [0.717, 1.165) is 6.07 Å². The minimum absolute atomic E-state index is 0.220. The highest BCUT2D eigenvalue weighted by Crippen LogP contribution is 2.21. The molecule has 1 rings (SSSR count). The van der Waals surface area contributed by atoms with Gasteiger partial charge in [0.15, 0.2) is 0 Å². The molecule has 0 aliphatic carbocycles. The molecule has 0 aliphatic rings. The van der Waals surface area contributed by atoms with Crippen LogP contribution < -0.4 is 10.2 Å². The summed E-state index contributed by atoms with van der Waals surface area (Å²) in [6.45, 7) is 0. The largest absolute Gasteiger partial charge is 0.573 e. The Bertz CT molecular complexity index is 389. The summed E-state index contributed by atoms with van der Waals surface area (Å²) < 4.78 is 39.3. The van der Waals surface area contributed by atoms with E-state index in [-0.39, 0.29) is 11.0 Å². The number of carbonyl (C=O) groups is 1. The molecule has 15 heavy (non-hydrogen) atoms. The van der Waals surface area contributed by atoms with Crippen LogP contribution in [0.5, 0.6) is 5.75 Å². The fourth-order valence-corrected chi connectivity index (χ4v) is 0.968. The second kappa shape index (κ2) is 3.84. The highest BCUT2D eigenvalue weighted by molar-refractivity contribution is 6.34. The van der Waals surface area contributed by atoms with Crippen LogP contribution in [0.2, 0.25) is 0 Å². The Balaban J connectivity index is 3.06. The van der Waals surface area contributed by atoms with Crippen LogP contribution in [-0.4, -0.2) is 25.3 Å². The summed E-state index contributed by atoms with van der Waals surface area (Å²) in [6.07, 6.45) is -4.82. The van der Waals surface area contributed by atoms with Gasteiger partial charge in [-0.05, 0) is 17.6 Å². The summed E-state index contributed by atoms with van der Waals surface area (Å²) in [5, 5.41) is 8.56. The van der Waals surface area contributed by atoms with Crippen LogP contribution in [0, 0.1) is 0 Å². The Morgan fingerprint density at radius 2 is 2.00 bits per heavy atom. The predicted octanol–water partition coefficient (Wildman–Crippen LogP) is 0.542. The zero-order valence-electron chi connectivity index (χ0n) is 7.63. The first kappa shape index (κ1) is 11.4. The number of carboxylic acid groups (broad SMARTS) is 1. The van der Waals surface area contributed by atoms with Gasteiger partial charge in [0.1, 0.15) is 13.6 Å². The molecule has 1 aromatic carbocycles. The summed E-state index contributed by atoms with van der Waals surface area (Å²) in [4.78, 5) is 10.5. The van der Waals surface area contributed by atoms with Crippen molar-refractivity contribution in [1.82, 2.24) is 0 Å². The van der Waals surface area contributed by atoms with Gasteiger partial charge < -0.3 is 9.84 Å². The molecular weight excluding hydrogens is 212 g/mol.